The second kappa shape index (κ2) is 5.92. The monoisotopic (exact) mass is 180 g/mol. The van der Waals surface area contributed by atoms with Gasteiger partial charge in [0.15, 0.2) is 0 Å². The average Bonchev–Trinajstić information content (AvgIpc) is 1.87. The topological polar surface area (TPSA) is 37.3 Å². The number of hydrogen-bond acceptors (Lipinski definition) is 3. The Kier molecular flexibility index (Phi) is 6.02. The molecule has 0 radical (unpaired) electrons. The molecule has 0 heterocycles. The summed E-state index contributed by atoms with van der Waals surface area (Å²) in [5, 5.41) is 8.57. The third-order valence-electron chi connectivity index (χ3n) is 1.30. The molecule has 0 rings (SSSR count). The first-order valence-electron chi connectivity index (χ1n) is 3.17. The van der Waals surface area contributed by atoms with Crippen molar-refractivity contribution >= 4 is 31.2 Å². The molecule has 0 saturated heterocycles. The molecule has 4 heteroatoms. The lowest BCUT2D eigenvalue weighted by molar-refractivity contribution is -0.141. The highest BCUT2D eigenvalue weighted by molar-refractivity contribution is 7.80. The van der Waals surface area contributed by atoms with Crippen LogP contribution < -0.4 is 0 Å². The minimum absolute atomic E-state index is 0.255. The van der Waals surface area contributed by atoms with E-state index in [1.807, 2.05) is 0 Å². The zero-order valence-corrected chi connectivity index (χ0v) is 7.44. The van der Waals surface area contributed by atoms with Crippen molar-refractivity contribution in [2.45, 2.75) is 12.8 Å². The number of hydrogen-bond donors (Lipinski definition) is 3. The molecule has 0 aliphatic rings. The predicted molar refractivity (Wildman–Crippen MR) is 48.1 cm³/mol. The van der Waals surface area contributed by atoms with Gasteiger partial charge in [-0.25, -0.2) is 0 Å². The molecule has 10 heavy (non-hydrogen) atoms. The van der Waals surface area contributed by atoms with Crippen LogP contribution in [0.3, 0.4) is 0 Å². The van der Waals surface area contributed by atoms with Crippen LogP contribution in [0.15, 0.2) is 0 Å². The van der Waals surface area contributed by atoms with Gasteiger partial charge in [0, 0.05) is 0 Å². The highest BCUT2D eigenvalue weighted by Crippen LogP contribution is 2.10. The van der Waals surface area contributed by atoms with Crippen LogP contribution in [0, 0.1) is 5.92 Å². The van der Waals surface area contributed by atoms with Gasteiger partial charge in [-0.15, -0.1) is 0 Å². The van der Waals surface area contributed by atoms with Crippen LogP contribution >= 0.6 is 25.3 Å². The molecule has 0 aromatic rings. The molecule has 0 aliphatic heterocycles. The molecule has 0 aromatic heterocycles. The van der Waals surface area contributed by atoms with Gasteiger partial charge in [-0.1, -0.05) is 0 Å². The molecule has 0 spiro atoms. The summed E-state index contributed by atoms with van der Waals surface area (Å²) in [5.74, 6) is 0.272. The minimum Gasteiger partial charge on any atom is -0.481 e. The standard InChI is InChI=1S/C6H12O2S2/c7-6(8)5(1-3-9)2-4-10/h5,9-10H,1-4H2,(H,7,8). The minimum atomic E-state index is -0.733. The van der Waals surface area contributed by atoms with Crippen LogP contribution in [-0.2, 0) is 4.79 Å². The Morgan fingerprint density at radius 3 is 1.90 bits per heavy atom. The fourth-order valence-electron chi connectivity index (χ4n) is 0.703. The van der Waals surface area contributed by atoms with Gasteiger partial charge in [0.25, 0.3) is 0 Å². The van der Waals surface area contributed by atoms with Crippen molar-refractivity contribution in [3.05, 3.63) is 0 Å². The van der Waals surface area contributed by atoms with Gasteiger partial charge >= 0.3 is 5.97 Å². The number of thiol groups is 2. The highest BCUT2D eigenvalue weighted by Gasteiger charge is 2.14. The first kappa shape index (κ1) is 10.2. The van der Waals surface area contributed by atoms with Crippen molar-refractivity contribution in [1.29, 1.82) is 0 Å². The highest BCUT2D eigenvalue weighted by atomic mass is 32.1. The molecule has 0 saturated carbocycles. The van der Waals surface area contributed by atoms with Gasteiger partial charge < -0.3 is 5.11 Å². The predicted octanol–water partition coefficient (Wildman–Crippen LogP) is 1.33. The Hall–Kier alpha value is 0.170. The lowest BCUT2D eigenvalue weighted by atomic mass is 10.0. The second-order valence-corrected chi connectivity index (χ2v) is 2.95. The number of carbonyl (C=O) groups is 1. The fourth-order valence-corrected chi connectivity index (χ4v) is 1.33. The molecule has 0 aromatic carbocycles. The summed E-state index contributed by atoms with van der Waals surface area (Å²) in [4.78, 5) is 10.4. The third-order valence-corrected chi connectivity index (χ3v) is 1.82. The van der Waals surface area contributed by atoms with Gasteiger partial charge in [-0.3, -0.25) is 4.79 Å². The normalized spacial score (nSPS) is 10.3. The average molecular weight is 180 g/mol. The number of carboxylic acid groups (broad SMARTS) is 1. The Bertz CT molecular complexity index is 99.9. The van der Waals surface area contributed by atoms with Gasteiger partial charge in [0.2, 0.25) is 0 Å². The van der Waals surface area contributed by atoms with E-state index in [9.17, 15) is 4.79 Å². The van der Waals surface area contributed by atoms with Crippen LogP contribution in [0.2, 0.25) is 0 Å². The number of aliphatic carboxylic acids is 1. The lowest BCUT2D eigenvalue weighted by Gasteiger charge is -2.07. The van der Waals surface area contributed by atoms with Crippen molar-refractivity contribution in [1.82, 2.24) is 0 Å². The quantitative estimate of drug-likeness (QED) is 0.558. The third kappa shape index (κ3) is 4.06. The van der Waals surface area contributed by atoms with Crippen molar-refractivity contribution in [3.8, 4) is 0 Å². The van der Waals surface area contributed by atoms with E-state index < -0.39 is 5.97 Å². The zero-order valence-electron chi connectivity index (χ0n) is 5.66. The van der Waals surface area contributed by atoms with Crippen LogP contribution in [0.5, 0.6) is 0 Å². The van der Waals surface area contributed by atoms with Crippen LogP contribution in [0.4, 0.5) is 0 Å². The Balaban J connectivity index is 3.61. The largest absolute Gasteiger partial charge is 0.481 e. The maximum atomic E-state index is 10.4. The molecule has 0 aliphatic carbocycles. The summed E-state index contributed by atoms with van der Waals surface area (Å²) in [6.07, 6.45) is 1.28. The molecule has 0 fully saturated rings. The fraction of sp³-hybridized carbons (Fsp3) is 0.833. The van der Waals surface area contributed by atoms with E-state index in [1.165, 1.54) is 0 Å². The van der Waals surface area contributed by atoms with Crippen LogP contribution in [0.1, 0.15) is 12.8 Å². The molecule has 2 nitrogen and oxygen atoms in total. The molecular weight excluding hydrogens is 168 g/mol. The van der Waals surface area contributed by atoms with E-state index >= 15 is 0 Å². The van der Waals surface area contributed by atoms with E-state index in [2.05, 4.69) is 25.3 Å². The zero-order chi connectivity index (χ0) is 7.98. The van der Waals surface area contributed by atoms with Crippen molar-refractivity contribution in [3.63, 3.8) is 0 Å². The second-order valence-electron chi connectivity index (χ2n) is 2.06. The van der Waals surface area contributed by atoms with E-state index in [1.54, 1.807) is 0 Å². The molecule has 0 unspecified atom stereocenters. The van der Waals surface area contributed by atoms with Gasteiger partial charge in [-0.05, 0) is 24.3 Å². The van der Waals surface area contributed by atoms with Gasteiger partial charge in [-0.2, -0.15) is 25.3 Å². The first-order chi connectivity index (χ1) is 4.72. The summed E-state index contributed by atoms with van der Waals surface area (Å²) in [5.41, 5.74) is 0. The summed E-state index contributed by atoms with van der Waals surface area (Å²) >= 11 is 7.92. The van der Waals surface area contributed by atoms with E-state index in [0.717, 1.165) is 0 Å². The van der Waals surface area contributed by atoms with E-state index in [4.69, 9.17) is 5.11 Å². The Labute approximate surface area is 71.8 Å². The first-order valence-corrected chi connectivity index (χ1v) is 4.43. The van der Waals surface area contributed by atoms with Gasteiger partial charge in [0.05, 0.1) is 5.92 Å². The summed E-state index contributed by atoms with van der Waals surface area (Å²) in [6, 6.07) is 0. The molecule has 0 bridgehead atoms. The number of carboxylic acids is 1. The molecule has 1 N–H and O–H groups in total. The van der Waals surface area contributed by atoms with E-state index in [-0.39, 0.29) is 5.92 Å². The van der Waals surface area contributed by atoms with Crippen molar-refractivity contribution in [2.75, 3.05) is 11.5 Å². The van der Waals surface area contributed by atoms with Crippen molar-refractivity contribution in [2.24, 2.45) is 5.92 Å². The number of rotatable bonds is 5. The summed E-state index contributed by atoms with van der Waals surface area (Å²) < 4.78 is 0. The van der Waals surface area contributed by atoms with E-state index in [0.29, 0.717) is 24.3 Å². The van der Waals surface area contributed by atoms with Crippen LogP contribution in [0.25, 0.3) is 0 Å². The Morgan fingerprint density at radius 1 is 1.30 bits per heavy atom. The lowest BCUT2D eigenvalue weighted by Crippen LogP contribution is -2.14. The maximum Gasteiger partial charge on any atom is 0.306 e. The Morgan fingerprint density at radius 2 is 1.70 bits per heavy atom. The summed E-state index contributed by atoms with van der Waals surface area (Å²) in [7, 11) is 0. The molecule has 0 amide bonds. The molecular formula is C6H12O2S2. The van der Waals surface area contributed by atoms with Crippen LogP contribution in [-0.4, -0.2) is 22.6 Å². The van der Waals surface area contributed by atoms with Crippen molar-refractivity contribution < 1.29 is 9.90 Å². The molecule has 60 valence electrons. The maximum absolute atomic E-state index is 10.4. The molecule has 0 atom stereocenters. The summed E-state index contributed by atoms with van der Waals surface area (Å²) in [6.45, 7) is 0. The smallest absolute Gasteiger partial charge is 0.306 e. The SMILES string of the molecule is O=C(O)C(CCS)CCS. The van der Waals surface area contributed by atoms with Gasteiger partial charge in [0.1, 0.15) is 0 Å².